The van der Waals surface area contributed by atoms with E-state index in [9.17, 15) is 0 Å². The molecule has 98 valence electrons. The van der Waals surface area contributed by atoms with E-state index in [4.69, 9.17) is 0 Å². The molecule has 0 saturated heterocycles. The Hall–Kier alpha value is -2.62. The fraction of sp³-hybridized carbons (Fsp3) is 0.125. The molecule has 4 heteroatoms. The van der Waals surface area contributed by atoms with Crippen LogP contribution in [0.15, 0.2) is 48.8 Å². The van der Waals surface area contributed by atoms with Gasteiger partial charge in [-0.05, 0) is 31.5 Å². The molecule has 0 unspecified atom stereocenters. The summed E-state index contributed by atoms with van der Waals surface area (Å²) in [4.78, 5) is 8.50. The predicted octanol–water partition coefficient (Wildman–Crippen LogP) is 3.22. The molecule has 3 rings (SSSR count). The Balaban J connectivity index is 1.91. The van der Waals surface area contributed by atoms with E-state index in [2.05, 4.69) is 39.2 Å². The Morgan fingerprint density at radius 2 is 1.25 bits per heavy atom. The highest BCUT2D eigenvalue weighted by Crippen LogP contribution is 2.18. The maximum atomic E-state index is 4.25. The van der Waals surface area contributed by atoms with Crippen LogP contribution >= 0.6 is 0 Å². The third-order valence-corrected chi connectivity index (χ3v) is 3.02. The summed E-state index contributed by atoms with van der Waals surface area (Å²) in [5, 5.41) is 8.45. The molecular weight excluding hydrogens is 248 g/mol. The summed E-state index contributed by atoms with van der Waals surface area (Å²) in [6.45, 7) is 4.02. The highest BCUT2D eigenvalue weighted by atomic mass is 15.1. The summed E-state index contributed by atoms with van der Waals surface area (Å²) in [7, 11) is 0. The van der Waals surface area contributed by atoms with Crippen molar-refractivity contribution in [3.63, 3.8) is 0 Å². The summed E-state index contributed by atoms with van der Waals surface area (Å²) >= 11 is 0. The first-order valence-corrected chi connectivity index (χ1v) is 6.42. The quantitative estimate of drug-likeness (QED) is 0.711. The summed E-state index contributed by atoms with van der Waals surface area (Å²) in [5.74, 6) is 0.596. The van der Waals surface area contributed by atoms with Crippen molar-refractivity contribution in [1.29, 1.82) is 0 Å². The molecule has 1 aromatic carbocycles. The average Bonchev–Trinajstić information content (AvgIpc) is 2.49. The normalized spacial score (nSPS) is 10.5. The first-order chi connectivity index (χ1) is 9.72. The standard InChI is InChI=1S/C16H14N4/c1-11-3-5-13(6-4-11)14-7-8-15(20-19-14)16-17-9-12(2)10-18-16/h3-10H,1-2H3. The van der Waals surface area contributed by atoms with Gasteiger partial charge in [-0.15, -0.1) is 10.2 Å². The molecule has 0 spiro atoms. The van der Waals surface area contributed by atoms with Gasteiger partial charge in [-0.3, -0.25) is 0 Å². The van der Waals surface area contributed by atoms with Crippen molar-refractivity contribution in [2.24, 2.45) is 0 Å². The minimum Gasteiger partial charge on any atom is -0.235 e. The third kappa shape index (κ3) is 2.54. The molecule has 0 aliphatic carbocycles. The van der Waals surface area contributed by atoms with Crippen LogP contribution in [0.3, 0.4) is 0 Å². The van der Waals surface area contributed by atoms with E-state index in [0.717, 1.165) is 16.8 Å². The van der Waals surface area contributed by atoms with Crippen molar-refractivity contribution in [2.75, 3.05) is 0 Å². The summed E-state index contributed by atoms with van der Waals surface area (Å²) < 4.78 is 0. The summed E-state index contributed by atoms with van der Waals surface area (Å²) in [6, 6.07) is 12.0. The van der Waals surface area contributed by atoms with Gasteiger partial charge in [-0.1, -0.05) is 29.8 Å². The molecule has 2 heterocycles. The van der Waals surface area contributed by atoms with Gasteiger partial charge in [0.2, 0.25) is 0 Å². The van der Waals surface area contributed by atoms with Gasteiger partial charge in [-0.2, -0.15) is 0 Å². The first-order valence-electron chi connectivity index (χ1n) is 6.42. The Bertz CT molecular complexity index is 636. The average molecular weight is 262 g/mol. The number of hydrogen-bond donors (Lipinski definition) is 0. The van der Waals surface area contributed by atoms with E-state index in [0.29, 0.717) is 11.5 Å². The van der Waals surface area contributed by atoms with E-state index >= 15 is 0 Å². The zero-order chi connectivity index (χ0) is 13.9. The Labute approximate surface area is 117 Å². The molecule has 20 heavy (non-hydrogen) atoms. The summed E-state index contributed by atoms with van der Waals surface area (Å²) in [6.07, 6.45) is 3.55. The zero-order valence-corrected chi connectivity index (χ0v) is 11.4. The van der Waals surface area contributed by atoms with Gasteiger partial charge < -0.3 is 0 Å². The van der Waals surface area contributed by atoms with Gasteiger partial charge in [0.05, 0.1) is 5.69 Å². The van der Waals surface area contributed by atoms with Crippen molar-refractivity contribution in [3.8, 4) is 22.8 Å². The van der Waals surface area contributed by atoms with Crippen LogP contribution in [-0.4, -0.2) is 20.2 Å². The second-order valence-corrected chi connectivity index (χ2v) is 4.75. The number of benzene rings is 1. The molecular formula is C16H14N4. The van der Waals surface area contributed by atoms with Crippen LogP contribution in [0.25, 0.3) is 22.8 Å². The number of aryl methyl sites for hydroxylation is 2. The van der Waals surface area contributed by atoms with Gasteiger partial charge >= 0.3 is 0 Å². The van der Waals surface area contributed by atoms with Crippen LogP contribution in [0.5, 0.6) is 0 Å². The highest BCUT2D eigenvalue weighted by molar-refractivity contribution is 5.60. The molecule has 0 N–H and O–H groups in total. The van der Waals surface area contributed by atoms with Crippen molar-refractivity contribution < 1.29 is 0 Å². The molecule has 0 radical (unpaired) electrons. The molecule has 3 aromatic rings. The topological polar surface area (TPSA) is 51.6 Å². The van der Waals surface area contributed by atoms with Crippen LogP contribution in [0.4, 0.5) is 0 Å². The second kappa shape index (κ2) is 5.17. The van der Waals surface area contributed by atoms with Crippen LogP contribution in [0.1, 0.15) is 11.1 Å². The van der Waals surface area contributed by atoms with Gasteiger partial charge in [0.15, 0.2) is 5.82 Å². The number of nitrogens with zero attached hydrogens (tertiary/aromatic N) is 4. The molecule has 0 bridgehead atoms. The lowest BCUT2D eigenvalue weighted by molar-refractivity contribution is 1.01. The largest absolute Gasteiger partial charge is 0.235 e. The monoisotopic (exact) mass is 262 g/mol. The van der Waals surface area contributed by atoms with Crippen LogP contribution < -0.4 is 0 Å². The van der Waals surface area contributed by atoms with E-state index in [1.165, 1.54) is 5.56 Å². The van der Waals surface area contributed by atoms with Crippen molar-refractivity contribution >= 4 is 0 Å². The molecule has 0 aliphatic rings. The van der Waals surface area contributed by atoms with Crippen molar-refractivity contribution in [3.05, 3.63) is 59.9 Å². The Morgan fingerprint density at radius 1 is 0.650 bits per heavy atom. The minimum absolute atomic E-state index is 0.596. The Morgan fingerprint density at radius 3 is 1.85 bits per heavy atom. The van der Waals surface area contributed by atoms with Gasteiger partial charge in [0, 0.05) is 18.0 Å². The Kier molecular flexibility index (Phi) is 3.21. The molecule has 0 saturated carbocycles. The van der Waals surface area contributed by atoms with E-state index < -0.39 is 0 Å². The second-order valence-electron chi connectivity index (χ2n) is 4.75. The third-order valence-electron chi connectivity index (χ3n) is 3.02. The first kappa shape index (κ1) is 12.4. The maximum absolute atomic E-state index is 4.25. The number of hydrogen-bond acceptors (Lipinski definition) is 4. The lowest BCUT2D eigenvalue weighted by Gasteiger charge is -2.02. The minimum atomic E-state index is 0.596. The summed E-state index contributed by atoms with van der Waals surface area (Å²) in [5.41, 5.74) is 4.84. The van der Waals surface area contributed by atoms with E-state index in [-0.39, 0.29) is 0 Å². The predicted molar refractivity (Wildman–Crippen MR) is 78.0 cm³/mol. The van der Waals surface area contributed by atoms with Crippen LogP contribution in [-0.2, 0) is 0 Å². The number of rotatable bonds is 2. The fourth-order valence-electron chi connectivity index (χ4n) is 1.85. The van der Waals surface area contributed by atoms with Gasteiger partial charge in [0.25, 0.3) is 0 Å². The molecule has 0 atom stereocenters. The molecule has 4 nitrogen and oxygen atoms in total. The van der Waals surface area contributed by atoms with Crippen molar-refractivity contribution in [1.82, 2.24) is 20.2 Å². The highest BCUT2D eigenvalue weighted by Gasteiger charge is 2.05. The molecule has 0 aliphatic heterocycles. The smallest absolute Gasteiger partial charge is 0.180 e. The number of aromatic nitrogens is 4. The van der Waals surface area contributed by atoms with Crippen LogP contribution in [0.2, 0.25) is 0 Å². The maximum Gasteiger partial charge on any atom is 0.180 e. The fourth-order valence-corrected chi connectivity index (χ4v) is 1.85. The van der Waals surface area contributed by atoms with E-state index in [1.807, 2.05) is 31.2 Å². The lowest BCUT2D eigenvalue weighted by atomic mass is 10.1. The van der Waals surface area contributed by atoms with Crippen molar-refractivity contribution in [2.45, 2.75) is 13.8 Å². The van der Waals surface area contributed by atoms with E-state index in [1.54, 1.807) is 12.4 Å². The molecule has 2 aromatic heterocycles. The lowest BCUT2D eigenvalue weighted by Crippen LogP contribution is -1.95. The van der Waals surface area contributed by atoms with Gasteiger partial charge in [-0.25, -0.2) is 9.97 Å². The SMILES string of the molecule is Cc1ccc(-c2ccc(-c3ncc(C)cn3)nn2)cc1. The van der Waals surface area contributed by atoms with Gasteiger partial charge in [0.1, 0.15) is 5.69 Å². The zero-order valence-electron chi connectivity index (χ0n) is 11.4. The molecule has 0 amide bonds. The molecule has 0 fully saturated rings. The van der Waals surface area contributed by atoms with Crippen LogP contribution in [0, 0.1) is 13.8 Å².